The molecule has 2 heterocycles. The van der Waals surface area contributed by atoms with Crippen LogP contribution in [0, 0.1) is 6.92 Å². The molecule has 6 heteroatoms. The third kappa shape index (κ3) is 2.92. The number of carbonyl (C=O) groups excluding carboxylic acids is 1. The maximum atomic E-state index is 12.6. The van der Waals surface area contributed by atoms with Gasteiger partial charge in [-0.1, -0.05) is 6.07 Å². The molecule has 1 aromatic carbocycles. The lowest BCUT2D eigenvalue weighted by molar-refractivity contribution is 0.0746. The van der Waals surface area contributed by atoms with Crippen molar-refractivity contribution in [1.82, 2.24) is 9.88 Å². The van der Waals surface area contributed by atoms with Crippen molar-refractivity contribution in [2.24, 2.45) is 0 Å². The van der Waals surface area contributed by atoms with Crippen LogP contribution in [0.1, 0.15) is 15.9 Å². The third-order valence-corrected chi connectivity index (χ3v) is 4.74. The number of benzene rings is 1. The molecular weight excluding hydrogens is 298 g/mol. The van der Waals surface area contributed by atoms with E-state index in [1.165, 1.54) is 0 Å². The highest BCUT2D eigenvalue weighted by molar-refractivity contribution is 7.13. The van der Waals surface area contributed by atoms with Crippen LogP contribution in [-0.4, -0.2) is 49.1 Å². The van der Waals surface area contributed by atoms with Gasteiger partial charge in [0.2, 0.25) is 0 Å². The Morgan fingerprint density at radius 2 is 2.05 bits per heavy atom. The Kier molecular flexibility index (Phi) is 4.29. The van der Waals surface area contributed by atoms with Gasteiger partial charge in [-0.05, 0) is 24.6 Å². The van der Waals surface area contributed by atoms with E-state index in [1.54, 1.807) is 18.4 Å². The Balaban J connectivity index is 1.67. The first-order valence-electron chi connectivity index (χ1n) is 7.27. The minimum atomic E-state index is 0.0667. The molecule has 3 rings (SSSR count). The fraction of sp³-hybridized carbons (Fsp3) is 0.375. The van der Waals surface area contributed by atoms with Gasteiger partial charge in [-0.25, -0.2) is 4.98 Å². The lowest BCUT2D eigenvalue weighted by Gasteiger charge is -2.34. The van der Waals surface area contributed by atoms with E-state index in [2.05, 4.69) is 9.88 Å². The Hall–Kier alpha value is -2.08. The van der Waals surface area contributed by atoms with Gasteiger partial charge >= 0.3 is 0 Å². The van der Waals surface area contributed by atoms with E-state index in [0.29, 0.717) is 18.7 Å². The molecule has 1 aliphatic rings. The number of hydrogen-bond donors (Lipinski definition) is 0. The number of methoxy groups -OCH3 is 1. The molecule has 1 aromatic heterocycles. The van der Waals surface area contributed by atoms with Crippen molar-refractivity contribution in [1.29, 1.82) is 0 Å². The average Bonchev–Trinajstić information content (AvgIpc) is 3.09. The van der Waals surface area contributed by atoms with Crippen LogP contribution >= 0.6 is 11.3 Å². The van der Waals surface area contributed by atoms with Crippen molar-refractivity contribution < 1.29 is 9.53 Å². The number of thiazole rings is 1. The van der Waals surface area contributed by atoms with Gasteiger partial charge in [-0.15, -0.1) is 11.3 Å². The number of anilines is 1. The van der Waals surface area contributed by atoms with Gasteiger partial charge in [-0.2, -0.15) is 0 Å². The summed E-state index contributed by atoms with van der Waals surface area (Å²) in [4.78, 5) is 21.1. The molecule has 2 aromatic rings. The number of nitrogens with zero attached hydrogens (tertiary/aromatic N) is 3. The summed E-state index contributed by atoms with van der Waals surface area (Å²) in [5.41, 5.74) is 1.72. The number of amides is 1. The molecule has 0 spiro atoms. The highest BCUT2D eigenvalue weighted by Crippen LogP contribution is 2.22. The summed E-state index contributed by atoms with van der Waals surface area (Å²) in [7, 11) is 1.63. The quantitative estimate of drug-likeness (QED) is 0.872. The van der Waals surface area contributed by atoms with E-state index in [1.807, 2.05) is 41.6 Å². The van der Waals surface area contributed by atoms with Crippen molar-refractivity contribution >= 4 is 22.4 Å². The molecule has 1 fully saturated rings. The standard InChI is InChI=1S/C16H19N3O2S/c1-12-3-4-13(11-14(12)21-2)15(20)18-6-8-19(9-7-18)16-17-5-10-22-16/h3-5,10-11H,6-9H2,1-2H3. The summed E-state index contributed by atoms with van der Waals surface area (Å²) < 4.78 is 5.30. The molecule has 0 bridgehead atoms. The van der Waals surface area contributed by atoms with Crippen molar-refractivity contribution in [3.05, 3.63) is 40.9 Å². The van der Waals surface area contributed by atoms with E-state index in [0.717, 1.165) is 29.5 Å². The highest BCUT2D eigenvalue weighted by atomic mass is 32.1. The summed E-state index contributed by atoms with van der Waals surface area (Å²) in [5, 5.41) is 3.01. The van der Waals surface area contributed by atoms with Crippen LogP contribution < -0.4 is 9.64 Å². The fourth-order valence-corrected chi connectivity index (χ4v) is 3.31. The first-order chi connectivity index (χ1) is 10.7. The lowest BCUT2D eigenvalue weighted by atomic mass is 10.1. The number of hydrogen-bond acceptors (Lipinski definition) is 5. The second kappa shape index (κ2) is 6.36. The number of rotatable bonds is 3. The Morgan fingerprint density at radius 1 is 1.27 bits per heavy atom. The van der Waals surface area contributed by atoms with Gasteiger partial charge in [0.05, 0.1) is 7.11 Å². The molecule has 0 unspecified atom stereocenters. The zero-order valence-corrected chi connectivity index (χ0v) is 13.6. The topological polar surface area (TPSA) is 45.7 Å². The number of ether oxygens (including phenoxy) is 1. The normalized spacial score (nSPS) is 15.0. The van der Waals surface area contributed by atoms with Crippen molar-refractivity contribution in [3.8, 4) is 5.75 Å². The van der Waals surface area contributed by atoms with E-state index in [4.69, 9.17) is 4.74 Å². The second-order valence-corrected chi connectivity index (χ2v) is 6.15. The molecular formula is C16H19N3O2S. The molecule has 5 nitrogen and oxygen atoms in total. The van der Waals surface area contributed by atoms with E-state index in [-0.39, 0.29) is 5.91 Å². The van der Waals surface area contributed by atoms with Gasteiger partial charge in [-0.3, -0.25) is 4.79 Å². The summed E-state index contributed by atoms with van der Waals surface area (Å²) in [6.07, 6.45) is 1.82. The maximum absolute atomic E-state index is 12.6. The first kappa shape index (κ1) is 14.8. The van der Waals surface area contributed by atoms with Crippen molar-refractivity contribution in [2.45, 2.75) is 6.92 Å². The van der Waals surface area contributed by atoms with Crippen LogP contribution in [0.3, 0.4) is 0 Å². The van der Waals surface area contributed by atoms with Gasteiger partial charge in [0, 0.05) is 43.3 Å². The van der Waals surface area contributed by atoms with Crippen LogP contribution in [0.15, 0.2) is 29.8 Å². The van der Waals surface area contributed by atoms with Crippen molar-refractivity contribution in [3.63, 3.8) is 0 Å². The summed E-state index contributed by atoms with van der Waals surface area (Å²) in [6, 6.07) is 5.62. The fourth-order valence-electron chi connectivity index (χ4n) is 2.61. The second-order valence-electron chi connectivity index (χ2n) is 5.28. The third-order valence-electron chi connectivity index (χ3n) is 3.91. The molecule has 0 aliphatic carbocycles. The zero-order chi connectivity index (χ0) is 15.5. The first-order valence-corrected chi connectivity index (χ1v) is 8.15. The smallest absolute Gasteiger partial charge is 0.254 e. The predicted octanol–water partition coefficient (Wildman–Crippen LogP) is 2.42. The number of aryl methyl sites for hydroxylation is 1. The molecule has 1 aliphatic heterocycles. The Morgan fingerprint density at radius 3 is 2.68 bits per heavy atom. The van der Waals surface area contributed by atoms with Crippen LogP contribution in [0.25, 0.3) is 0 Å². The van der Waals surface area contributed by atoms with E-state index in [9.17, 15) is 4.79 Å². The Bertz CT molecular complexity index is 649. The largest absolute Gasteiger partial charge is 0.496 e. The predicted molar refractivity (Wildman–Crippen MR) is 88.0 cm³/mol. The van der Waals surface area contributed by atoms with Gasteiger partial charge in [0.25, 0.3) is 5.91 Å². The SMILES string of the molecule is COc1cc(C(=O)N2CCN(c3nccs3)CC2)ccc1C. The van der Waals surface area contributed by atoms with Crippen molar-refractivity contribution in [2.75, 3.05) is 38.2 Å². The molecule has 0 saturated carbocycles. The lowest BCUT2D eigenvalue weighted by Crippen LogP contribution is -2.48. The van der Waals surface area contributed by atoms with Gasteiger partial charge < -0.3 is 14.5 Å². The van der Waals surface area contributed by atoms with E-state index >= 15 is 0 Å². The van der Waals surface area contributed by atoms with Crippen LogP contribution in [0.2, 0.25) is 0 Å². The summed E-state index contributed by atoms with van der Waals surface area (Å²) >= 11 is 1.64. The molecule has 22 heavy (non-hydrogen) atoms. The van der Waals surface area contributed by atoms with Crippen LogP contribution in [0.4, 0.5) is 5.13 Å². The zero-order valence-electron chi connectivity index (χ0n) is 12.8. The summed E-state index contributed by atoms with van der Waals surface area (Å²) in [5.74, 6) is 0.823. The minimum Gasteiger partial charge on any atom is -0.496 e. The molecule has 0 atom stereocenters. The average molecular weight is 317 g/mol. The van der Waals surface area contributed by atoms with Crippen LogP contribution in [0.5, 0.6) is 5.75 Å². The van der Waals surface area contributed by atoms with E-state index < -0.39 is 0 Å². The van der Waals surface area contributed by atoms with Crippen LogP contribution in [-0.2, 0) is 0 Å². The summed E-state index contributed by atoms with van der Waals surface area (Å²) in [6.45, 7) is 5.05. The molecule has 116 valence electrons. The number of aromatic nitrogens is 1. The molecule has 0 N–H and O–H groups in total. The number of carbonyl (C=O) groups is 1. The monoisotopic (exact) mass is 317 g/mol. The molecule has 0 radical (unpaired) electrons. The minimum absolute atomic E-state index is 0.0667. The van der Waals surface area contributed by atoms with Gasteiger partial charge in [0.15, 0.2) is 5.13 Å². The molecule has 1 amide bonds. The molecule has 1 saturated heterocycles. The number of piperazine rings is 1. The highest BCUT2D eigenvalue weighted by Gasteiger charge is 2.23. The Labute approximate surface area is 134 Å². The van der Waals surface area contributed by atoms with Gasteiger partial charge in [0.1, 0.15) is 5.75 Å². The maximum Gasteiger partial charge on any atom is 0.254 e.